The summed E-state index contributed by atoms with van der Waals surface area (Å²) >= 11 is 0. The lowest BCUT2D eigenvalue weighted by Crippen LogP contribution is -2.10. The second-order valence-corrected chi connectivity index (χ2v) is 19.8. The summed E-state index contributed by atoms with van der Waals surface area (Å²) < 4.78 is 4.74. The van der Waals surface area contributed by atoms with Crippen molar-refractivity contribution in [2.24, 2.45) is 0 Å². The SMILES string of the molecule is C(=C\c1ccc(N(c2ccc(-c3ccccc3)cc2)c2ccc3c(c2)c2ccccc2n3-c2ccccc2)cc1)/c1ccc(N(c2ccc(-c3ccccc3)cc2)c2ccc3c(c2)c2ccccc2n3-c2ccccc2)cc1. The zero-order valence-corrected chi connectivity index (χ0v) is 42.8. The molecule has 368 valence electrons. The second kappa shape index (κ2) is 20.0. The summed E-state index contributed by atoms with van der Waals surface area (Å²) in [6.07, 6.45) is 4.41. The molecule has 0 spiro atoms. The van der Waals surface area contributed by atoms with Crippen molar-refractivity contribution in [2.75, 3.05) is 9.80 Å². The van der Waals surface area contributed by atoms with E-state index < -0.39 is 0 Å². The van der Waals surface area contributed by atoms with Crippen molar-refractivity contribution in [1.29, 1.82) is 0 Å². The number of para-hydroxylation sites is 4. The van der Waals surface area contributed by atoms with E-state index in [2.05, 4.69) is 334 Å². The van der Waals surface area contributed by atoms with Gasteiger partial charge in [-0.05, 0) is 155 Å². The zero-order valence-electron chi connectivity index (χ0n) is 42.8. The molecule has 0 amide bonds. The van der Waals surface area contributed by atoms with Gasteiger partial charge >= 0.3 is 0 Å². The van der Waals surface area contributed by atoms with Crippen LogP contribution in [0.15, 0.2) is 303 Å². The van der Waals surface area contributed by atoms with Crippen LogP contribution < -0.4 is 9.80 Å². The zero-order chi connectivity index (χ0) is 51.8. The predicted molar refractivity (Wildman–Crippen MR) is 331 cm³/mol. The van der Waals surface area contributed by atoms with E-state index in [1.54, 1.807) is 0 Å². The van der Waals surface area contributed by atoms with Gasteiger partial charge in [0.25, 0.3) is 0 Å². The van der Waals surface area contributed by atoms with Gasteiger partial charge in [-0.1, -0.05) is 194 Å². The van der Waals surface area contributed by atoms with E-state index in [-0.39, 0.29) is 0 Å². The maximum Gasteiger partial charge on any atom is 0.0542 e. The molecule has 0 unspecified atom stereocenters. The largest absolute Gasteiger partial charge is 0.310 e. The average molecular weight is 997 g/mol. The highest BCUT2D eigenvalue weighted by Crippen LogP contribution is 2.43. The Morgan fingerprint density at radius 1 is 0.218 bits per heavy atom. The van der Waals surface area contributed by atoms with Gasteiger partial charge in [-0.25, -0.2) is 0 Å². The summed E-state index contributed by atoms with van der Waals surface area (Å²) in [5, 5.41) is 4.86. The van der Waals surface area contributed by atoms with Crippen molar-refractivity contribution < 1.29 is 0 Å². The van der Waals surface area contributed by atoms with Crippen LogP contribution in [0.3, 0.4) is 0 Å². The molecule has 2 aromatic heterocycles. The first-order chi connectivity index (χ1) is 38.7. The molecule has 0 atom stereocenters. The van der Waals surface area contributed by atoms with Crippen LogP contribution in [0.5, 0.6) is 0 Å². The molecule has 12 aromatic carbocycles. The second-order valence-electron chi connectivity index (χ2n) is 19.8. The van der Waals surface area contributed by atoms with Gasteiger partial charge in [-0.15, -0.1) is 0 Å². The Bertz CT molecular complexity index is 4140. The molecular formula is C74H52N4. The van der Waals surface area contributed by atoms with E-state index in [9.17, 15) is 0 Å². The third-order valence-electron chi connectivity index (χ3n) is 15.1. The number of benzene rings is 12. The molecule has 14 aromatic rings. The first-order valence-corrected chi connectivity index (χ1v) is 26.7. The van der Waals surface area contributed by atoms with Crippen molar-refractivity contribution in [3.63, 3.8) is 0 Å². The predicted octanol–water partition coefficient (Wildman–Crippen LogP) is 20.3. The van der Waals surface area contributed by atoms with Crippen LogP contribution in [0.25, 0.3) is 89.4 Å². The highest BCUT2D eigenvalue weighted by molar-refractivity contribution is 6.12. The van der Waals surface area contributed by atoms with Gasteiger partial charge in [-0.3, -0.25) is 0 Å². The highest BCUT2D eigenvalue weighted by atomic mass is 15.1. The van der Waals surface area contributed by atoms with Crippen LogP contribution in [0, 0.1) is 0 Å². The molecule has 0 saturated carbocycles. The summed E-state index contributed by atoms with van der Waals surface area (Å²) in [7, 11) is 0. The number of rotatable bonds is 12. The Balaban J connectivity index is 0.796. The summed E-state index contributed by atoms with van der Waals surface area (Å²) in [6, 6.07) is 109. The quantitative estimate of drug-likeness (QED) is 0.113. The maximum atomic E-state index is 2.37. The third-order valence-corrected chi connectivity index (χ3v) is 15.1. The van der Waals surface area contributed by atoms with Crippen LogP contribution in [0.4, 0.5) is 34.1 Å². The van der Waals surface area contributed by atoms with E-state index in [1.165, 1.54) is 65.9 Å². The fourth-order valence-electron chi connectivity index (χ4n) is 11.3. The van der Waals surface area contributed by atoms with E-state index in [0.29, 0.717) is 0 Å². The average Bonchev–Trinajstić information content (AvgIpc) is 4.12. The number of fused-ring (bicyclic) bond motifs is 6. The Morgan fingerprint density at radius 3 is 0.872 bits per heavy atom. The molecule has 0 bridgehead atoms. The highest BCUT2D eigenvalue weighted by Gasteiger charge is 2.20. The number of hydrogen-bond donors (Lipinski definition) is 0. The number of nitrogens with zero attached hydrogens (tertiary/aromatic N) is 4. The molecule has 0 aliphatic carbocycles. The summed E-state index contributed by atoms with van der Waals surface area (Å²) in [4.78, 5) is 4.74. The lowest BCUT2D eigenvalue weighted by molar-refractivity contribution is 1.18. The molecule has 78 heavy (non-hydrogen) atoms. The van der Waals surface area contributed by atoms with E-state index in [0.717, 1.165) is 56.6 Å². The molecular weight excluding hydrogens is 945 g/mol. The molecule has 0 radical (unpaired) electrons. The van der Waals surface area contributed by atoms with E-state index in [1.807, 2.05) is 0 Å². The Kier molecular flexibility index (Phi) is 11.8. The minimum atomic E-state index is 1.08. The summed E-state index contributed by atoms with van der Waals surface area (Å²) in [5.41, 5.74) is 20.5. The van der Waals surface area contributed by atoms with Gasteiger partial charge in [0.1, 0.15) is 0 Å². The van der Waals surface area contributed by atoms with Crippen LogP contribution in [-0.2, 0) is 0 Å². The van der Waals surface area contributed by atoms with Crippen molar-refractivity contribution in [3.05, 3.63) is 314 Å². The Hall–Kier alpha value is -10.4. The molecule has 0 aliphatic rings. The van der Waals surface area contributed by atoms with E-state index >= 15 is 0 Å². The first kappa shape index (κ1) is 46.1. The standard InChI is InChI=1S/C74H52N4/c1-5-17-55(18-6-1)57-35-43-63(44-36-57)75(65-47-49-73-69(51-65)67-25-13-15-27-71(67)77(73)59-21-9-3-10-22-59)61-39-31-53(32-40-61)29-30-54-33-41-62(42-34-54)76(64-45-37-58(38-46-64)56-19-7-2-8-20-56)66-48-50-74-70(52-66)68-26-14-16-28-72(68)78(74)60-23-11-4-12-24-60/h1-52H/b30-29+. The van der Waals surface area contributed by atoms with Crippen molar-refractivity contribution in [1.82, 2.24) is 9.13 Å². The minimum absolute atomic E-state index is 1.08. The molecule has 14 rings (SSSR count). The minimum Gasteiger partial charge on any atom is -0.310 e. The molecule has 2 heterocycles. The van der Waals surface area contributed by atoms with Gasteiger partial charge in [0.05, 0.1) is 22.1 Å². The summed E-state index contributed by atoms with van der Waals surface area (Å²) in [5.74, 6) is 0. The third kappa shape index (κ3) is 8.58. The van der Waals surface area contributed by atoms with Crippen molar-refractivity contribution in [3.8, 4) is 33.6 Å². The number of aromatic nitrogens is 2. The van der Waals surface area contributed by atoms with Crippen molar-refractivity contribution in [2.45, 2.75) is 0 Å². The van der Waals surface area contributed by atoms with Crippen LogP contribution in [-0.4, -0.2) is 9.13 Å². The van der Waals surface area contributed by atoms with Crippen LogP contribution in [0.1, 0.15) is 11.1 Å². The molecule has 4 nitrogen and oxygen atoms in total. The molecule has 0 fully saturated rings. The molecule has 4 heteroatoms. The molecule has 0 aliphatic heterocycles. The molecule has 0 saturated heterocycles. The van der Waals surface area contributed by atoms with Crippen LogP contribution in [0.2, 0.25) is 0 Å². The normalized spacial score (nSPS) is 11.5. The van der Waals surface area contributed by atoms with Crippen molar-refractivity contribution >= 4 is 89.9 Å². The Morgan fingerprint density at radius 2 is 0.500 bits per heavy atom. The van der Waals surface area contributed by atoms with Gasteiger partial charge in [0.2, 0.25) is 0 Å². The smallest absolute Gasteiger partial charge is 0.0542 e. The lowest BCUT2D eigenvalue weighted by atomic mass is 10.0. The fraction of sp³-hybridized carbons (Fsp3) is 0. The first-order valence-electron chi connectivity index (χ1n) is 26.7. The van der Waals surface area contributed by atoms with Gasteiger partial charge in [0, 0.05) is 67.0 Å². The van der Waals surface area contributed by atoms with Gasteiger partial charge < -0.3 is 18.9 Å². The van der Waals surface area contributed by atoms with Gasteiger partial charge in [0.15, 0.2) is 0 Å². The maximum absolute atomic E-state index is 2.37. The van der Waals surface area contributed by atoms with E-state index in [4.69, 9.17) is 0 Å². The van der Waals surface area contributed by atoms with Gasteiger partial charge in [-0.2, -0.15) is 0 Å². The monoisotopic (exact) mass is 996 g/mol. The Labute approximate surface area is 454 Å². The lowest BCUT2D eigenvalue weighted by Gasteiger charge is -2.26. The molecule has 0 N–H and O–H groups in total. The topological polar surface area (TPSA) is 16.3 Å². The summed E-state index contributed by atoms with van der Waals surface area (Å²) in [6.45, 7) is 0. The number of anilines is 6. The fourth-order valence-corrected chi connectivity index (χ4v) is 11.3. The number of hydrogen-bond acceptors (Lipinski definition) is 2. The van der Waals surface area contributed by atoms with Crippen LogP contribution >= 0.6 is 0 Å².